The molecule has 2 atom stereocenters. The first-order chi connectivity index (χ1) is 12.2. The maximum atomic E-state index is 13.2. The highest BCUT2D eigenvalue weighted by atomic mass is 35.5. The maximum Gasteiger partial charge on any atom is 0.325 e. The Morgan fingerprint density at radius 1 is 1.15 bits per heavy atom. The third-order valence-corrected chi connectivity index (χ3v) is 7.29. The fourth-order valence-corrected chi connectivity index (χ4v) is 6.05. The van der Waals surface area contributed by atoms with Crippen LogP contribution < -0.4 is 0 Å². The first-order valence-electron chi connectivity index (χ1n) is 7.94. The van der Waals surface area contributed by atoms with Crippen LogP contribution in [0.15, 0.2) is 53.4 Å². The SMILES string of the molecule is CC1(C(=O)O)C(c2ccccc2)CCN1S(=O)(=O)c1cc(Cl)cc(Cl)c1. The minimum Gasteiger partial charge on any atom is -0.480 e. The Morgan fingerprint density at radius 2 is 1.73 bits per heavy atom. The average Bonchev–Trinajstić information content (AvgIpc) is 2.94. The number of sulfonamides is 1. The van der Waals surface area contributed by atoms with Gasteiger partial charge in [0.25, 0.3) is 0 Å². The molecule has 1 N–H and O–H groups in total. The first kappa shape index (κ1) is 19.2. The van der Waals surface area contributed by atoms with Crippen molar-refractivity contribution in [1.29, 1.82) is 0 Å². The number of carboxylic acids is 1. The van der Waals surface area contributed by atoms with Gasteiger partial charge in [-0.3, -0.25) is 4.79 Å². The summed E-state index contributed by atoms with van der Waals surface area (Å²) in [6.45, 7) is 1.54. The Kier molecular flexibility index (Phi) is 5.05. The molecule has 3 rings (SSSR count). The third kappa shape index (κ3) is 3.11. The lowest BCUT2D eigenvalue weighted by atomic mass is 9.82. The number of nitrogens with zero attached hydrogens (tertiary/aromatic N) is 1. The lowest BCUT2D eigenvalue weighted by Gasteiger charge is -2.34. The van der Waals surface area contributed by atoms with Gasteiger partial charge in [0.1, 0.15) is 5.54 Å². The molecule has 0 bridgehead atoms. The van der Waals surface area contributed by atoms with Gasteiger partial charge in [0, 0.05) is 22.5 Å². The number of hydrogen-bond acceptors (Lipinski definition) is 3. The van der Waals surface area contributed by atoms with Gasteiger partial charge in [-0.2, -0.15) is 4.31 Å². The van der Waals surface area contributed by atoms with E-state index in [1.807, 2.05) is 30.3 Å². The molecule has 1 saturated heterocycles. The van der Waals surface area contributed by atoms with Crippen LogP contribution >= 0.6 is 23.2 Å². The van der Waals surface area contributed by atoms with Crippen molar-refractivity contribution in [3.05, 3.63) is 64.1 Å². The van der Waals surface area contributed by atoms with Gasteiger partial charge in [-0.1, -0.05) is 53.5 Å². The predicted octanol–water partition coefficient (Wildman–Crippen LogP) is 4.01. The highest BCUT2D eigenvalue weighted by molar-refractivity contribution is 7.89. The van der Waals surface area contributed by atoms with Gasteiger partial charge in [0.2, 0.25) is 10.0 Å². The van der Waals surface area contributed by atoms with E-state index in [1.54, 1.807) is 0 Å². The van der Waals surface area contributed by atoms with Gasteiger partial charge in [-0.05, 0) is 37.1 Å². The Bertz CT molecular complexity index is 929. The number of hydrogen-bond donors (Lipinski definition) is 1. The fourth-order valence-electron chi connectivity index (χ4n) is 3.54. The van der Waals surface area contributed by atoms with E-state index in [1.165, 1.54) is 25.1 Å². The van der Waals surface area contributed by atoms with Crippen LogP contribution in [0.5, 0.6) is 0 Å². The number of halogens is 2. The zero-order valence-electron chi connectivity index (χ0n) is 13.9. The minimum atomic E-state index is -4.09. The summed E-state index contributed by atoms with van der Waals surface area (Å²) < 4.78 is 27.4. The maximum absolute atomic E-state index is 13.2. The van der Waals surface area contributed by atoms with Crippen molar-refractivity contribution in [2.45, 2.75) is 29.7 Å². The molecule has 5 nitrogen and oxygen atoms in total. The quantitative estimate of drug-likeness (QED) is 0.820. The molecule has 0 aliphatic carbocycles. The molecule has 2 unspecified atom stereocenters. The Labute approximate surface area is 162 Å². The second kappa shape index (κ2) is 6.85. The number of benzene rings is 2. The summed E-state index contributed by atoms with van der Waals surface area (Å²) in [5.74, 6) is -1.66. The molecule has 0 spiro atoms. The van der Waals surface area contributed by atoms with Gasteiger partial charge in [0.15, 0.2) is 0 Å². The number of carboxylic acid groups (broad SMARTS) is 1. The van der Waals surface area contributed by atoms with Gasteiger partial charge in [0.05, 0.1) is 4.90 Å². The first-order valence-corrected chi connectivity index (χ1v) is 10.1. The molecular formula is C18H17Cl2NO4S. The highest BCUT2D eigenvalue weighted by Gasteiger charge is 2.56. The molecule has 1 aliphatic heterocycles. The molecule has 2 aromatic rings. The van der Waals surface area contributed by atoms with Crippen molar-refractivity contribution < 1.29 is 18.3 Å². The molecule has 1 fully saturated rings. The predicted molar refractivity (Wildman–Crippen MR) is 100 cm³/mol. The number of rotatable bonds is 4. The molecule has 0 aromatic heterocycles. The van der Waals surface area contributed by atoms with E-state index in [4.69, 9.17) is 23.2 Å². The van der Waals surface area contributed by atoms with Crippen LogP contribution in [0.3, 0.4) is 0 Å². The van der Waals surface area contributed by atoms with E-state index in [-0.39, 0.29) is 21.5 Å². The zero-order valence-corrected chi connectivity index (χ0v) is 16.2. The summed E-state index contributed by atoms with van der Waals surface area (Å²) in [6.07, 6.45) is 0.403. The van der Waals surface area contributed by atoms with E-state index in [2.05, 4.69) is 0 Å². The summed E-state index contributed by atoms with van der Waals surface area (Å²) >= 11 is 11.9. The molecule has 0 radical (unpaired) electrons. The van der Waals surface area contributed by atoms with Crippen molar-refractivity contribution in [2.75, 3.05) is 6.54 Å². The molecule has 1 aliphatic rings. The Hall–Kier alpha value is -1.60. The molecule has 0 amide bonds. The topological polar surface area (TPSA) is 74.7 Å². The van der Waals surface area contributed by atoms with Crippen LogP contribution in [0, 0.1) is 0 Å². The monoisotopic (exact) mass is 413 g/mol. The molecule has 1 heterocycles. The number of carbonyl (C=O) groups is 1. The van der Waals surface area contributed by atoms with Crippen LogP contribution in [-0.2, 0) is 14.8 Å². The van der Waals surface area contributed by atoms with Gasteiger partial charge in [-0.25, -0.2) is 8.42 Å². The summed E-state index contributed by atoms with van der Waals surface area (Å²) in [6, 6.07) is 13.1. The van der Waals surface area contributed by atoms with Crippen LogP contribution in [-0.4, -0.2) is 35.9 Å². The van der Waals surface area contributed by atoms with Crippen molar-refractivity contribution in [2.24, 2.45) is 0 Å². The molecule has 0 saturated carbocycles. The third-order valence-electron chi connectivity index (χ3n) is 4.88. The summed E-state index contributed by atoms with van der Waals surface area (Å²) in [5, 5.41) is 10.3. The normalized spacial score (nSPS) is 23.9. The van der Waals surface area contributed by atoms with Crippen molar-refractivity contribution in [3.63, 3.8) is 0 Å². The highest BCUT2D eigenvalue weighted by Crippen LogP contribution is 2.45. The summed E-state index contributed by atoms with van der Waals surface area (Å²) in [7, 11) is -4.09. The van der Waals surface area contributed by atoms with Crippen LogP contribution in [0.2, 0.25) is 10.0 Å². The van der Waals surface area contributed by atoms with E-state index < -0.39 is 27.4 Å². The second-order valence-corrected chi connectivity index (χ2v) is 9.12. The van der Waals surface area contributed by atoms with Gasteiger partial charge in [-0.15, -0.1) is 0 Å². The lowest BCUT2D eigenvalue weighted by molar-refractivity contribution is -0.146. The molecule has 26 heavy (non-hydrogen) atoms. The van der Waals surface area contributed by atoms with Gasteiger partial charge < -0.3 is 5.11 Å². The van der Waals surface area contributed by atoms with Gasteiger partial charge >= 0.3 is 5.97 Å². The second-order valence-electron chi connectivity index (χ2n) is 6.39. The van der Waals surface area contributed by atoms with E-state index >= 15 is 0 Å². The molecular weight excluding hydrogens is 397 g/mol. The van der Waals surface area contributed by atoms with Crippen LogP contribution in [0.4, 0.5) is 0 Å². The summed E-state index contributed by atoms with van der Waals surface area (Å²) in [5.41, 5.74) is -0.825. The Morgan fingerprint density at radius 3 is 2.27 bits per heavy atom. The Balaban J connectivity index is 2.11. The molecule has 8 heteroatoms. The fraction of sp³-hybridized carbons (Fsp3) is 0.278. The average molecular weight is 414 g/mol. The molecule has 138 valence electrons. The largest absolute Gasteiger partial charge is 0.480 e. The van der Waals surface area contributed by atoms with Crippen LogP contribution in [0.1, 0.15) is 24.8 Å². The van der Waals surface area contributed by atoms with Crippen molar-refractivity contribution in [1.82, 2.24) is 4.31 Å². The standard InChI is InChI=1S/C18H17Cl2NO4S/c1-18(17(22)23)16(12-5-3-2-4-6-12)7-8-21(18)26(24,25)15-10-13(19)9-14(20)11-15/h2-6,9-11,16H,7-8H2,1H3,(H,22,23). The minimum absolute atomic E-state index is 0.0921. The number of aliphatic carboxylic acids is 1. The van der Waals surface area contributed by atoms with Crippen LogP contribution in [0.25, 0.3) is 0 Å². The van der Waals surface area contributed by atoms with E-state index in [9.17, 15) is 18.3 Å². The lowest BCUT2D eigenvalue weighted by Crippen LogP contribution is -2.53. The van der Waals surface area contributed by atoms with Crippen molar-refractivity contribution >= 4 is 39.2 Å². The summed E-state index contributed by atoms with van der Waals surface area (Å²) in [4.78, 5) is 12.1. The van der Waals surface area contributed by atoms with E-state index in [0.29, 0.717) is 6.42 Å². The molecule has 2 aromatic carbocycles. The smallest absolute Gasteiger partial charge is 0.325 e. The zero-order chi connectivity index (χ0) is 19.1. The van der Waals surface area contributed by atoms with Crippen molar-refractivity contribution in [3.8, 4) is 0 Å². The van der Waals surface area contributed by atoms with E-state index in [0.717, 1.165) is 9.87 Å².